The summed E-state index contributed by atoms with van der Waals surface area (Å²) in [6.07, 6.45) is -1.63. The molecule has 1 atom stereocenters. The van der Waals surface area contributed by atoms with Gasteiger partial charge in [-0.15, -0.1) is 0 Å². The van der Waals surface area contributed by atoms with Gasteiger partial charge in [0.15, 0.2) is 6.10 Å². The van der Waals surface area contributed by atoms with Gasteiger partial charge in [0.2, 0.25) is 0 Å². The number of carboxylic acids is 2. The summed E-state index contributed by atoms with van der Waals surface area (Å²) < 4.78 is 0. The van der Waals surface area contributed by atoms with E-state index in [1.165, 1.54) is 0 Å². The molecule has 0 saturated carbocycles. The van der Waals surface area contributed by atoms with Crippen LogP contribution in [0.2, 0.25) is 0 Å². The maximum Gasteiger partial charge on any atom is 0.334 e. The van der Waals surface area contributed by atoms with E-state index in [1.807, 2.05) is 0 Å². The van der Waals surface area contributed by atoms with Crippen LogP contribution in [0.3, 0.4) is 0 Å². The molecule has 72 valence electrons. The minimum Gasteiger partial charge on any atom is -0.480 e. The highest BCUT2D eigenvalue weighted by atomic mass is 16.4. The number of hydrogen-bond acceptors (Lipinski definition) is 5. The van der Waals surface area contributed by atoms with Crippen molar-refractivity contribution in [2.75, 3.05) is 13.2 Å². The Morgan fingerprint density at radius 2 is 1.50 bits per heavy atom. The van der Waals surface area contributed by atoms with E-state index in [0.29, 0.717) is 0 Å². The second-order valence-corrected chi connectivity index (χ2v) is 1.59. The maximum absolute atomic E-state index is 9.52. The number of carbonyl (C=O) groups is 2. The Morgan fingerprint density at radius 1 is 1.17 bits per heavy atom. The lowest BCUT2D eigenvalue weighted by Crippen LogP contribution is -2.22. The Balaban J connectivity index is 0. The zero-order valence-corrected chi connectivity index (χ0v) is 6.04. The predicted octanol–water partition coefficient (Wildman–Crippen LogP) is -2.51. The summed E-state index contributed by atoms with van der Waals surface area (Å²) in [4.78, 5) is 18.6. The third kappa shape index (κ3) is 11.6. The van der Waals surface area contributed by atoms with Crippen molar-refractivity contribution in [1.29, 1.82) is 0 Å². The molecular formula is C5H10O7. The summed E-state index contributed by atoms with van der Waals surface area (Å²) in [5.41, 5.74) is 0. The van der Waals surface area contributed by atoms with Crippen LogP contribution >= 0.6 is 0 Å². The SMILES string of the molecule is O=C(O)C(O)CO.O=C(O)CO. The van der Waals surface area contributed by atoms with Crippen LogP contribution in [0.5, 0.6) is 0 Å². The first kappa shape index (κ1) is 13.4. The fourth-order valence-electron chi connectivity index (χ4n) is 0.0781. The molecule has 7 heteroatoms. The Hall–Kier alpha value is -1.18. The molecule has 0 radical (unpaired) electrons. The third-order valence-electron chi connectivity index (χ3n) is 0.593. The highest BCUT2D eigenvalue weighted by Gasteiger charge is 2.08. The summed E-state index contributed by atoms with van der Waals surface area (Å²) in [6.45, 7) is -1.50. The average molecular weight is 182 g/mol. The molecule has 12 heavy (non-hydrogen) atoms. The van der Waals surface area contributed by atoms with E-state index in [9.17, 15) is 4.79 Å². The molecule has 0 amide bonds. The summed E-state index contributed by atoms with van der Waals surface area (Å²) in [6, 6.07) is 0. The van der Waals surface area contributed by atoms with Gasteiger partial charge < -0.3 is 25.5 Å². The third-order valence-corrected chi connectivity index (χ3v) is 0.593. The zero-order valence-electron chi connectivity index (χ0n) is 6.04. The highest BCUT2D eigenvalue weighted by Crippen LogP contribution is 1.75. The second kappa shape index (κ2) is 7.92. The van der Waals surface area contributed by atoms with Crippen molar-refractivity contribution in [2.24, 2.45) is 0 Å². The van der Waals surface area contributed by atoms with Gasteiger partial charge in [-0.2, -0.15) is 0 Å². The first-order chi connectivity index (χ1) is 5.45. The van der Waals surface area contributed by atoms with Crippen LogP contribution in [-0.2, 0) is 9.59 Å². The van der Waals surface area contributed by atoms with Crippen molar-refractivity contribution in [2.45, 2.75) is 6.10 Å². The molecule has 0 saturated heterocycles. The van der Waals surface area contributed by atoms with Gasteiger partial charge in [0.25, 0.3) is 0 Å². The molecule has 7 nitrogen and oxygen atoms in total. The van der Waals surface area contributed by atoms with Gasteiger partial charge in [-0.1, -0.05) is 0 Å². The normalized spacial score (nSPS) is 10.9. The van der Waals surface area contributed by atoms with Crippen LogP contribution in [0, 0.1) is 0 Å². The standard InChI is InChI=1S/C3H6O4.C2H4O3/c4-1-2(5)3(6)7;3-1-2(4)5/h2,4-5H,1H2,(H,6,7);3H,1H2,(H,4,5). The molecule has 0 aromatic carbocycles. The van der Waals surface area contributed by atoms with Crippen LogP contribution in [-0.4, -0.2) is 56.8 Å². The van der Waals surface area contributed by atoms with E-state index >= 15 is 0 Å². The van der Waals surface area contributed by atoms with E-state index in [-0.39, 0.29) is 0 Å². The zero-order chi connectivity index (χ0) is 10.1. The smallest absolute Gasteiger partial charge is 0.334 e. The molecule has 1 unspecified atom stereocenters. The summed E-state index contributed by atoms with van der Waals surface area (Å²) >= 11 is 0. The minimum atomic E-state index is -1.63. The second-order valence-electron chi connectivity index (χ2n) is 1.59. The van der Waals surface area contributed by atoms with Gasteiger partial charge in [-0.3, -0.25) is 0 Å². The molecule has 0 aromatic rings. The van der Waals surface area contributed by atoms with Crippen LogP contribution in [0.15, 0.2) is 0 Å². The summed E-state index contributed by atoms with van der Waals surface area (Å²) in [5, 5.41) is 38.7. The molecule has 0 aliphatic rings. The number of rotatable bonds is 3. The quantitative estimate of drug-likeness (QED) is 0.325. The van der Waals surface area contributed by atoms with Crippen molar-refractivity contribution in [1.82, 2.24) is 0 Å². The lowest BCUT2D eigenvalue weighted by atomic mass is 10.4. The molecule has 0 heterocycles. The Labute approximate surface area is 67.5 Å². The Morgan fingerprint density at radius 3 is 1.50 bits per heavy atom. The summed E-state index contributed by atoms with van der Waals surface area (Å²) in [5.74, 6) is -2.59. The molecule has 0 aliphatic heterocycles. The maximum atomic E-state index is 9.52. The Kier molecular flexibility index (Phi) is 8.85. The number of hydrogen-bond donors (Lipinski definition) is 5. The fourth-order valence-corrected chi connectivity index (χ4v) is 0.0781. The molecule has 5 N–H and O–H groups in total. The summed E-state index contributed by atoms with van der Waals surface area (Å²) in [7, 11) is 0. The molecule has 0 bridgehead atoms. The predicted molar refractivity (Wildman–Crippen MR) is 35.4 cm³/mol. The monoisotopic (exact) mass is 182 g/mol. The van der Waals surface area contributed by atoms with E-state index in [1.54, 1.807) is 0 Å². The average Bonchev–Trinajstić information content (AvgIpc) is 2.04. The highest BCUT2D eigenvalue weighted by molar-refractivity contribution is 5.71. The minimum absolute atomic E-state index is 0.727. The van der Waals surface area contributed by atoms with E-state index < -0.39 is 31.3 Å². The van der Waals surface area contributed by atoms with Gasteiger partial charge in [-0.25, -0.2) is 9.59 Å². The van der Waals surface area contributed by atoms with Gasteiger partial charge in [0.05, 0.1) is 6.61 Å². The molecular weight excluding hydrogens is 172 g/mol. The van der Waals surface area contributed by atoms with Crippen molar-refractivity contribution in [3.05, 3.63) is 0 Å². The van der Waals surface area contributed by atoms with Gasteiger partial charge in [0.1, 0.15) is 6.61 Å². The molecule has 0 fully saturated rings. The molecule has 0 aromatic heterocycles. The van der Waals surface area contributed by atoms with E-state index in [2.05, 4.69) is 0 Å². The lowest BCUT2D eigenvalue weighted by Gasteiger charge is -1.95. The molecule has 0 aliphatic carbocycles. The van der Waals surface area contributed by atoms with Crippen LogP contribution in [0.1, 0.15) is 0 Å². The van der Waals surface area contributed by atoms with Gasteiger partial charge >= 0.3 is 11.9 Å². The first-order valence-electron chi connectivity index (χ1n) is 2.80. The topological polar surface area (TPSA) is 135 Å². The van der Waals surface area contributed by atoms with Crippen molar-refractivity contribution in [3.63, 3.8) is 0 Å². The largest absolute Gasteiger partial charge is 0.480 e. The number of aliphatic hydroxyl groups is 3. The van der Waals surface area contributed by atoms with Gasteiger partial charge in [-0.05, 0) is 0 Å². The van der Waals surface area contributed by atoms with Crippen molar-refractivity contribution < 1.29 is 35.1 Å². The fraction of sp³-hybridized carbons (Fsp3) is 0.600. The molecule has 0 spiro atoms. The first-order valence-corrected chi connectivity index (χ1v) is 2.80. The van der Waals surface area contributed by atoms with Gasteiger partial charge in [0, 0.05) is 0 Å². The van der Waals surface area contributed by atoms with Crippen molar-refractivity contribution >= 4 is 11.9 Å². The van der Waals surface area contributed by atoms with E-state index in [4.69, 9.17) is 30.3 Å². The Bertz CT molecular complexity index is 143. The number of aliphatic hydroxyl groups excluding tert-OH is 3. The van der Waals surface area contributed by atoms with Crippen LogP contribution in [0.25, 0.3) is 0 Å². The van der Waals surface area contributed by atoms with Crippen LogP contribution in [0.4, 0.5) is 0 Å². The lowest BCUT2D eigenvalue weighted by molar-refractivity contribution is -0.148. The number of aliphatic carboxylic acids is 2. The molecule has 0 rings (SSSR count). The van der Waals surface area contributed by atoms with E-state index in [0.717, 1.165) is 0 Å². The van der Waals surface area contributed by atoms with Crippen molar-refractivity contribution in [3.8, 4) is 0 Å². The van der Waals surface area contributed by atoms with Crippen LogP contribution < -0.4 is 0 Å². The number of carboxylic acid groups (broad SMARTS) is 2.